The number of nitro benzene ring substituents is 1. The molecule has 1 aliphatic rings. The van der Waals surface area contributed by atoms with Crippen LogP contribution in [0.1, 0.15) is 55.2 Å². The molecule has 11 nitrogen and oxygen atoms in total. The second-order valence-electron chi connectivity index (χ2n) is 10.3. The molecular weight excluding hydrogens is 694 g/mol. The third-order valence-corrected chi connectivity index (χ3v) is 9.56. The predicted molar refractivity (Wildman–Crippen MR) is 179 cm³/mol. The minimum absolute atomic E-state index is 0.134. The fourth-order valence-electron chi connectivity index (χ4n) is 5.13. The van der Waals surface area contributed by atoms with Gasteiger partial charge >= 0.3 is 5.97 Å². The first-order chi connectivity index (χ1) is 22.0. The smallest absolute Gasteiger partial charge is 0.338 e. The van der Waals surface area contributed by atoms with Crippen molar-refractivity contribution in [1.29, 1.82) is 0 Å². The number of carbonyl (C=O) groups excluding carboxylic acids is 1. The zero-order valence-corrected chi connectivity index (χ0v) is 28.9. The summed E-state index contributed by atoms with van der Waals surface area (Å²) in [6, 6.07) is 11.2. The van der Waals surface area contributed by atoms with Crippen LogP contribution in [0.3, 0.4) is 0 Å². The standard InChI is InChI=1S/C32H30BrN5O6S2/c1-6-8-22-27(30(40)44-7-2)28(20-10-11-24(43-5)21(33)16-20)37-29(39)26(46-32(37)36-22)15-19-9-12-25(23(14-19)38(41)42)45-31-34-17(3)13-18(4)35-31/h9-16,28H,6-8H2,1-5H3/b26-15+/t28-/m1/s1. The summed E-state index contributed by atoms with van der Waals surface area (Å²) in [5.74, 6) is 0.0521. The average Bonchev–Trinajstić information content (AvgIpc) is 3.30. The third-order valence-electron chi connectivity index (χ3n) is 7.02. The molecule has 2 aromatic carbocycles. The highest BCUT2D eigenvalue weighted by molar-refractivity contribution is 9.10. The van der Waals surface area contributed by atoms with Crippen molar-refractivity contribution in [2.45, 2.75) is 56.6 Å². The van der Waals surface area contributed by atoms with Gasteiger partial charge in [-0.25, -0.2) is 19.8 Å². The zero-order chi connectivity index (χ0) is 33.1. The molecule has 0 unspecified atom stereocenters. The van der Waals surface area contributed by atoms with Gasteiger partial charge in [0, 0.05) is 17.5 Å². The molecule has 14 heteroatoms. The van der Waals surface area contributed by atoms with Gasteiger partial charge in [0.05, 0.1) is 49.9 Å². The van der Waals surface area contributed by atoms with Gasteiger partial charge in [-0.15, -0.1) is 0 Å². The summed E-state index contributed by atoms with van der Waals surface area (Å²) in [4.78, 5) is 53.5. The molecule has 0 saturated carbocycles. The number of allylic oxidation sites excluding steroid dienone is 1. The topological polar surface area (TPSA) is 139 Å². The van der Waals surface area contributed by atoms with E-state index in [1.54, 1.807) is 44.4 Å². The van der Waals surface area contributed by atoms with Crippen LogP contribution in [0.15, 0.2) is 78.0 Å². The molecule has 0 fully saturated rings. The lowest BCUT2D eigenvalue weighted by Crippen LogP contribution is -2.40. The van der Waals surface area contributed by atoms with Crippen molar-refractivity contribution in [2.75, 3.05) is 13.7 Å². The van der Waals surface area contributed by atoms with E-state index in [0.717, 1.165) is 40.9 Å². The van der Waals surface area contributed by atoms with Gasteiger partial charge < -0.3 is 9.47 Å². The zero-order valence-electron chi connectivity index (χ0n) is 25.7. The predicted octanol–water partition coefficient (Wildman–Crippen LogP) is 5.82. The highest BCUT2D eigenvalue weighted by Crippen LogP contribution is 2.37. The Morgan fingerprint density at radius 1 is 1.15 bits per heavy atom. The Bertz CT molecular complexity index is 2050. The van der Waals surface area contributed by atoms with Crippen LogP contribution in [0.2, 0.25) is 0 Å². The number of methoxy groups -OCH3 is 1. The molecule has 0 spiro atoms. The summed E-state index contributed by atoms with van der Waals surface area (Å²) < 4.78 is 13.3. The fraction of sp³-hybridized carbons (Fsp3) is 0.281. The number of nitrogens with zero attached hydrogens (tertiary/aromatic N) is 5. The number of hydrogen-bond donors (Lipinski definition) is 0. The van der Waals surface area contributed by atoms with Crippen molar-refractivity contribution in [1.82, 2.24) is 14.5 Å². The third kappa shape index (κ3) is 6.83. The lowest BCUT2D eigenvalue weighted by atomic mass is 9.94. The first-order valence-corrected chi connectivity index (χ1v) is 16.8. The van der Waals surface area contributed by atoms with Gasteiger partial charge in [0.25, 0.3) is 11.2 Å². The molecular formula is C32H30BrN5O6S2. The van der Waals surface area contributed by atoms with E-state index >= 15 is 0 Å². The molecule has 0 saturated heterocycles. The van der Waals surface area contributed by atoms with Crippen molar-refractivity contribution in [2.24, 2.45) is 4.99 Å². The summed E-state index contributed by atoms with van der Waals surface area (Å²) >= 11 is 5.80. The molecule has 0 amide bonds. The first-order valence-electron chi connectivity index (χ1n) is 14.4. The molecule has 46 heavy (non-hydrogen) atoms. The first kappa shape index (κ1) is 33.2. The Morgan fingerprint density at radius 3 is 2.52 bits per heavy atom. The largest absolute Gasteiger partial charge is 0.496 e. The molecule has 0 aliphatic carbocycles. The maximum absolute atomic E-state index is 14.1. The Kier molecular flexibility index (Phi) is 10.2. The number of thiazole rings is 1. The highest BCUT2D eigenvalue weighted by Gasteiger charge is 2.34. The van der Waals surface area contributed by atoms with Crippen molar-refractivity contribution in [3.8, 4) is 5.75 Å². The number of rotatable bonds is 10. The van der Waals surface area contributed by atoms with Gasteiger partial charge in [0.15, 0.2) is 9.96 Å². The Morgan fingerprint density at radius 2 is 1.89 bits per heavy atom. The second-order valence-corrected chi connectivity index (χ2v) is 13.2. The molecule has 5 rings (SSSR count). The lowest BCUT2D eigenvalue weighted by Gasteiger charge is -2.26. The van der Waals surface area contributed by atoms with Crippen LogP contribution in [0.4, 0.5) is 5.69 Å². The van der Waals surface area contributed by atoms with E-state index in [-0.39, 0.29) is 17.9 Å². The Balaban J connectivity index is 1.66. The number of carbonyl (C=O) groups is 1. The molecule has 2 aromatic heterocycles. The van der Waals surface area contributed by atoms with Crippen LogP contribution in [-0.4, -0.2) is 39.1 Å². The van der Waals surface area contributed by atoms with Crippen molar-refractivity contribution in [3.63, 3.8) is 0 Å². The van der Waals surface area contributed by atoms with Crippen LogP contribution in [-0.2, 0) is 9.53 Å². The lowest BCUT2D eigenvalue weighted by molar-refractivity contribution is -0.387. The molecule has 1 atom stereocenters. The summed E-state index contributed by atoms with van der Waals surface area (Å²) in [6.07, 6.45) is 2.83. The van der Waals surface area contributed by atoms with Crippen molar-refractivity contribution in [3.05, 3.63) is 111 Å². The monoisotopic (exact) mass is 723 g/mol. The molecule has 0 N–H and O–H groups in total. The summed E-state index contributed by atoms with van der Waals surface area (Å²) in [6.45, 7) is 7.55. The minimum Gasteiger partial charge on any atom is -0.496 e. The van der Waals surface area contributed by atoms with Crippen LogP contribution >= 0.6 is 39.0 Å². The van der Waals surface area contributed by atoms with Gasteiger partial charge in [0.2, 0.25) is 0 Å². The number of fused-ring (bicyclic) bond motifs is 1. The van der Waals surface area contributed by atoms with Crippen molar-refractivity contribution >= 4 is 56.8 Å². The van der Waals surface area contributed by atoms with Crippen LogP contribution in [0.25, 0.3) is 6.08 Å². The van der Waals surface area contributed by atoms with E-state index in [2.05, 4.69) is 25.9 Å². The molecule has 0 bridgehead atoms. The van der Waals surface area contributed by atoms with E-state index in [1.165, 1.54) is 10.6 Å². The van der Waals surface area contributed by atoms with Gasteiger partial charge in [-0.1, -0.05) is 36.8 Å². The number of aryl methyl sites for hydroxylation is 2. The van der Waals surface area contributed by atoms with E-state index < -0.39 is 16.9 Å². The van der Waals surface area contributed by atoms with Gasteiger partial charge in [-0.3, -0.25) is 19.5 Å². The Hall–Kier alpha value is -4.14. The number of esters is 1. The van der Waals surface area contributed by atoms with E-state index in [9.17, 15) is 19.7 Å². The van der Waals surface area contributed by atoms with E-state index in [0.29, 0.717) is 58.4 Å². The molecule has 238 valence electrons. The number of aromatic nitrogens is 3. The van der Waals surface area contributed by atoms with Gasteiger partial charge in [-0.2, -0.15) is 0 Å². The number of halogens is 1. The summed E-state index contributed by atoms with van der Waals surface area (Å²) in [5, 5.41) is 12.5. The number of ether oxygens (including phenoxy) is 2. The maximum Gasteiger partial charge on any atom is 0.338 e. The second kappa shape index (κ2) is 14.1. The van der Waals surface area contributed by atoms with Crippen molar-refractivity contribution < 1.29 is 19.2 Å². The van der Waals surface area contributed by atoms with Crippen LogP contribution in [0, 0.1) is 24.0 Å². The van der Waals surface area contributed by atoms with Gasteiger partial charge in [-0.05, 0) is 96.4 Å². The number of nitro groups is 1. The van der Waals surface area contributed by atoms with Crippen LogP contribution in [0.5, 0.6) is 5.75 Å². The SMILES string of the molecule is CCCC1=C(C(=O)OCC)[C@@H](c2ccc(OC)c(Br)c2)n2c(s/c(=C/c3ccc(Sc4nc(C)cc(C)n4)c([N+](=O)[O-])c3)c2=O)=N1. The maximum atomic E-state index is 14.1. The average molecular weight is 725 g/mol. The normalized spacial score (nSPS) is 14.6. The quantitative estimate of drug-likeness (QED) is 0.0858. The summed E-state index contributed by atoms with van der Waals surface area (Å²) in [7, 11) is 1.55. The van der Waals surface area contributed by atoms with E-state index in [1.807, 2.05) is 32.9 Å². The van der Waals surface area contributed by atoms with Gasteiger partial charge in [0.1, 0.15) is 5.75 Å². The minimum atomic E-state index is -0.813. The Labute approximate surface area is 281 Å². The molecule has 0 radical (unpaired) electrons. The molecule has 4 aromatic rings. The summed E-state index contributed by atoms with van der Waals surface area (Å²) in [5.41, 5.74) is 2.98. The number of benzene rings is 2. The number of hydrogen-bond acceptors (Lipinski definition) is 11. The molecule has 1 aliphatic heterocycles. The van der Waals surface area contributed by atoms with Crippen LogP contribution < -0.4 is 19.6 Å². The molecule has 3 heterocycles. The fourth-order valence-corrected chi connectivity index (χ4v) is 7.66. The van der Waals surface area contributed by atoms with E-state index in [4.69, 9.17) is 14.5 Å². The highest BCUT2D eigenvalue weighted by atomic mass is 79.9.